The van der Waals surface area contributed by atoms with Gasteiger partial charge in [-0.05, 0) is 50.0 Å². The number of halogens is 1. The molecule has 0 spiro atoms. The molecule has 0 aliphatic carbocycles. The van der Waals surface area contributed by atoms with Gasteiger partial charge in [-0.1, -0.05) is 42.4 Å². The maximum Gasteiger partial charge on any atom is 0.335 e. The van der Waals surface area contributed by atoms with E-state index in [0.29, 0.717) is 11.5 Å². The minimum atomic E-state index is -1.41. The van der Waals surface area contributed by atoms with Crippen molar-refractivity contribution in [2.24, 2.45) is 0 Å². The molecule has 0 fully saturated rings. The van der Waals surface area contributed by atoms with Crippen LogP contribution in [0.1, 0.15) is 45.2 Å². The molecule has 2 unspecified atom stereocenters. The minimum Gasteiger partial charge on any atom is -0.461 e. The number of Topliss-reactive ketones (excluding diaryl/α,β-unsaturated/α-hetero) is 1. The Bertz CT molecular complexity index is 779. The highest BCUT2D eigenvalue weighted by Crippen LogP contribution is 2.19. The summed E-state index contributed by atoms with van der Waals surface area (Å²) in [6.07, 6.45) is 0.220. The van der Waals surface area contributed by atoms with Gasteiger partial charge in [-0.2, -0.15) is 0 Å². The highest BCUT2D eigenvalue weighted by Gasteiger charge is 2.25. The molecule has 6 nitrogen and oxygen atoms in total. The van der Waals surface area contributed by atoms with E-state index in [0.717, 1.165) is 23.6 Å². The Morgan fingerprint density at radius 3 is 2.28 bits per heavy atom. The number of allylic oxidation sites excluding steroid dienone is 3. The molecule has 1 rings (SSSR count). The van der Waals surface area contributed by atoms with E-state index < -0.39 is 29.8 Å². The van der Waals surface area contributed by atoms with Crippen LogP contribution in [0, 0.1) is 0 Å². The molecule has 0 aliphatic heterocycles. The van der Waals surface area contributed by atoms with Crippen molar-refractivity contribution in [3.05, 3.63) is 53.1 Å². The highest BCUT2D eigenvalue weighted by atomic mass is 35.5. The van der Waals surface area contributed by atoms with Crippen molar-refractivity contribution in [3.8, 4) is 0 Å². The fourth-order valence-corrected chi connectivity index (χ4v) is 2.75. The molecule has 0 bridgehead atoms. The second-order valence-corrected chi connectivity index (χ2v) is 7.72. The number of rotatable bonds is 10. The number of esters is 1. The molecule has 2 N–H and O–H groups in total. The molecule has 1 aromatic carbocycles. The number of ketones is 1. The number of aliphatic hydroxyl groups is 1. The second kappa shape index (κ2) is 11.5. The molecule has 0 saturated carbocycles. The van der Waals surface area contributed by atoms with Gasteiger partial charge < -0.3 is 15.2 Å². The third-order valence-corrected chi connectivity index (χ3v) is 4.08. The standard InChI is InChI=1S/C22H28ClNO5/c1-13(2)29-22(28)20(26)12-19(24-21(27)16(5)25)11-17-6-8-18(9-7-17)14(3)10-15(4)23/h6-10,13,19-20,26H,3,11-12H2,1-2,4-5H3,(H,24,27). The van der Waals surface area contributed by atoms with Gasteiger partial charge in [-0.3, -0.25) is 9.59 Å². The third-order valence-electron chi connectivity index (χ3n) is 3.97. The zero-order valence-electron chi connectivity index (χ0n) is 17.2. The van der Waals surface area contributed by atoms with Crippen LogP contribution in [0.2, 0.25) is 0 Å². The number of nitrogens with one attached hydrogen (secondary N) is 1. The van der Waals surface area contributed by atoms with Crippen molar-refractivity contribution in [1.82, 2.24) is 5.32 Å². The average molecular weight is 422 g/mol. The van der Waals surface area contributed by atoms with Crippen molar-refractivity contribution >= 4 is 34.8 Å². The first-order valence-electron chi connectivity index (χ1n) is 9.31. The largest absolute Gasteiger partial charge is 0.461 e. The Kier molecular flexibility index (Phi) is 9.78. The van der Waals surface area contributed by atoms with E-state index in [1.54, 1.807) is 26.8 Å². The lowest BCUT2D eigenvalue weighted by molar-refractivity contribution is -0.158. The van der Waals surface area contributed by atoms with E-state index in [-0.39, 0.29) is 12.5 Å². The van der Waals surface area contributed by atoms with Gasteiger partial charge in [-0.25, -0.2) is 4.79 Å². The summed E-state index contributed by atoms with van der Waals surface area (Å²) < 4.78 is 4.99. The van der Waals surface area contributed by atoms with Gasteiger partial charge in [-0.15, -0.1) is 0 Å². The Morgan fingerprint density at radius 1 is 1.21 bits per heavy atom. The molecular weight excluding hydrogens is 394 g/mol. The molecule has 0 saturated heterocycles. The van der Waals surface area contributed by atoms with Gasteiger partial charge in [0.2, 0.25) is 5.78 Å². The molecular formula is C22H28ClNO5. The Labute approximate surface area is 176 Å². The summed E-state index contributed by atoms with van der Waals surface area (Å²) in [6.45, 7) is 10.2. The first-order chi connectivity index (χ1) is 13.5. The SMILES string of the molecule is C=C(C=C(C)Cl)c1ccc(CC(CC(O)C(=O)OC(C)C)NC(=O)C(C)=O)cc1. The van der Waals surface area contributed by atoms with Gasteiger partial charge in [0.05, 0.1) is 6.10 Å². The normalized spacial score (nSPS) is 13.6. The Balaban J connectivity index is 2.92. The molecule has 158 valence electrons. The third kappa shape index (κ3) is 9.07. The van der Waals surface area contributed by atoms with Gasteiger partial charge in [0, 0.05) is 24.4 Å². The highest BCUT2D eigenvalue weighted by molar-refractivity contribution is 6.35. The van der Waals surface area contributed by atoms with Crippen LogP contribution in [0.3, 0.4) is 0 Å². The number of carbonyl (C=O) groups excluding carboxylic acids is 3. The number of aliphatic hydroxyl groups excluding tert-OH is 1. The van der Waals surface area contributed by atoms with Crippen LogP contribution >= 0.6 is 11.6 Å². The zero-order chi connectivity index (χ0) is 22.1. The molecule has 2 atom stereocenters. The predicted octanol–water partition coefficient (Wildman–Crippen LogP) is 3.16. The van der Waals surface area contributed by atoms with E-state index in [4.69, 9.17) is 16.3 Å². The summed E-state index contributed by atoms with van der Waals surface area (Å²) in [7, 11) is 0. The lowest BCUT2D eigenvalue weighted by atomic mass is 9.98. The molecule has 0 aliphatic rings. The minimum absolute atomic E-state index is 0.0762. The summed E-state index contributed by atoms with van der Waals surface area (Å²) in [4.78, 5) is 35.0. The number of carbonyl (C=O) groups is 3. The number of hydrogen-bond donors (Lipinski definition) is 2. The summed E-state index contributed by atoms with van der Waals surface area (Å²) in [5.41, 5.74) is 2.50. The van der Waals surface area contributed by atoms with E-state index in [1.807, 2.05) is 24.3 Å². The van der Waals surface area contributed by atoms with Gasteiger partial charge in [0.15, 0.2) is 6.10 Å². The summed E-state index contributed by atoms with van der Waals surface area (Å²) in [6, 6.07) is 6.80. The monoisotopic (exact) mass is 421 g/mol. The lowest BCUT2D eigenvalue weighted by Crippen LogP contribution is -2.43. The zero-order valence-corrected chi connectivity index (χ0v) is 18.0. The van der Waals surface area contributed by atoms with E-state index in [9.17, 15) is 19.5 Å². The first kappa shape index (κ1) is 24.6. The summed E-state index contributed by atoms with van der Waals surface area (Å²) in [5, 5.41) is 13.3. The molecule has 0 radical (unpaired) electrons. The summed E-state index contributed by atoms with van der Waals surface area (Å²) >= 11 is 5.87. The molecule has 7 heteroatoms. The van der Waals surface area contributed by atoms with Crippen LogP contribution in [-0.4, -0.2) is 41.0 Å². The first-order valence-corrected chi connectivity index (χ1v) is 9.69. The molecule has 0 heterocycles. The van der Waals surface area contributed by atoms with E-state index in [2.05, 4.69) is 11.9 Å². The van der Waals surface area contributed by atoms with Crippen molar-refractivity contribution in [3.63, 3.8) is 0 Å². The van der Waals surface area contributed by atoms with Gasteiger partial charge >= 0.3 is 5.97 Å². The van der Waals surface area contributed by atoms with E-state index >= 15 is 0 Å². The van der Waals surface area contributed by atoms with Crippen molar-refractivity contribution in [1.29, 1.82) is 0 Å². The molecule has 29 heavy (non-hydrogen) atoms. The van der Waals surface area contributed by atoms with Crippen LogP contribution in [0.4, 0.5) is 0 Å². The number of amides is 1. The van der Waals surface area contributed by atoms with Crippen LogP contribution in [0.5, 0.6) is 0 Å². The average Bonchev–Trinajstić information content (AvgIpc) is 2.60. The number of benzene rings is 1. The fraction of sp³-hybridized carbons (Fsp3) is 0.409. The fourth-order valence-electron chi connectivity index (χ4n) is 2.62. The molecule has 0 aromatic heterocycles. The smallest absolute Gasteiger partial charge is 0.335 e. The number of hydrogen-bond acceptors (Lipinski definition) is 5. The quantitative estimate of drug-likeness (QED) is 0.344. The second-order valence-electron chi connectivity index (χ2n) is 7.12. The molecule has 1 aromatic rings. The van der Waals surface area contributed by atoms with Gasteiger partial charge in [0.1, 0.15) is 0 Å². The van der Waals surface area contributed by atoms with Crippen molar-refractivity contribution in [2.45, 2.75) is 58.8 Å². The van der Waals surface area contributed by atoms with Crippen molar-refractivity contribution in [2.75, 3.05) is 0 Å². The topological polar surface area (TPSA) is 92.7 Å². The Morgan fingerprint density at radius 2 is 1.79 bits per heavy atom. The van der Waals surface area contributed by atoms with Gasteiger partial charge in [0.25, 0.3) is 5.91 Å². The lowest BCUT2D eigenvalue weighted by Gasteiger charge is -2.21. The van der Waals surface area contributed by atoms with Crippen molar-refractivity contribution < 1.29 is 24.2 Å². The maximum absolute atomic E-state index is 11.9. The molecule has 1 amide bonds. The van der Waals surface area contributed by atoms with E-state index in [1.165, 1.54) is 0 Å². The maximum atomic E-state index is 11.9. The van der Waals surface area contributed by atoms with Crippen LogP contribution in [-0.2, 0) is 25.5 Å². The Hall–Kier alpha value is -2.44. The predicted molar refractivity (Wildman–Crippen MR) is 113 cm³/mol. The van der Waals surface area contributed by atoms with Crippen LogP contribution in [0.15, 0.2) is 42.0 Å². The van der Waals surface area contributed by atoms with Crippen LogP contribution < -0.4 is 5.32 Å². The number of ether oxygens (including phenoxy) is 1. The summed E-state index contributed by atoms with van der Waals surface area (Å²) in [5.74, 6) is -2.19. The van der Waals surface area contributed by atoms with Crippen LogP contribution in [0.25, 0.3) is 5.57 Å².